The Morgan fingerprint density at radius 1 is 1.30 bits per heavy atom. The molecule has 1 amide bonds. The molecule has 1 unspecified atom stereocenters. The van der Waals surface area contributed by atoms with Crippen LogP contribution in [0.15, 0.2) is 29.3 Å². The van der Waals surface area contributed by atoms with Crippen molar-refractivity contribution in [3.8, 4) is 5.00 Å². The van der Waals surface area contributed by atoms with Crippen molar-refractivity contribution in [1.29, 1.82) is 0 Å². The molecule has 154 valence electrons. The lowest BCUT2D eigenvalue weighted by atomic mass is 10.0. The van der Waals surface area contributed by atoms with Crippen LogP contribution in [-0.4, -0.2) is 32.4 Å². The molecule has 0 saturated carbocycles. The molecule has 0 bridgehead atoms. The fourth-order valence-corrected chi connectivity index (χ4v) is 4.13. The number of halogens is 2. The second kappa shape index (κ2) is 7.41. The van der Waals surface area contributed by atoms with Crippen LogP contribution < -0.4 is 5.73 Å². The normalized spacial score (nSPS) is 15.1. The van der Waals surface area contributed by atoms with Gasteiger partial charge in [-0.15, -0.1) is 16.4 Å². The summed E-state index contributed by atoms with van der Waals surface area (Å²) >= 11 is 1.29. The van der Waals surface area contributed by atoms with E-state index >= 15 is 0 Å². The number of carbonyl (C=O) groups excluding carboxylic acids is 2. The van der Waals surface area contributed by atoms with Gasteiger partial charge in [-0.2, -0.15) is 0 Å². The topological polar surface area (TPSA) is 112 Å². The molecule has 30 heavy (non-hydrogen) atoms. The first kappa shape index (κ1) is 19.8. The first-order valence-electron chi connectivity index (χ1n) is 8.89. The average Bonchev–Trinajstić information content (AvgIpc) is 3.28. The van der Waals surface area contributed by atoms with Gasteiger partial charge in [-0.3, -0.25) is 9.59 Å². The fourth-order valence-electron chi connectivity index (χ4n) is 3.07. The molecule has 1 aromatic carbocycles. The molecule has 0 spiro atoms. The van der Waals surface area contributed by atoms with Gasteiger partial charge in [-0.1, -0.05) is 13.0 Å². The molecule has 0 saturated heterocycles. The van der Waals surface area contributed by atoms with Gasteiger partial charge in [0.15, 0.2) is 5.82 Å². The maximum atomic E-state index is 14.6. The fraction of sp³-hybridized carbons (Fsp3) is 0.211. The number of aliphatic imine (C=N–C) groups is 1. The average molecular weight is 431 g/mol. The van der Waals surface area contributed by atoms with Crippen LogP contribution in [0, 0.1) is 11.6 Å². The summed E-state index contributed by atoms with van der Waals surface area (Å²) in [5.74, 6) is -3.53. The van der Waals surface area contributed by atoms with E-state index in [9.17, 15) is 18.4 Å². The SMILES string of the molecule is CCc1cc2c(s1)-n1nc(C(N)=O)nc1C(OC(C)=O)N=C2c1c(F)cccc1F. The number of benzene rings is 1. The highest BCUT2D eigenvalue weighted by Crippen LogP contribution is 2.36. The summed E-state index contributed by atoms with van der Waals surface area (Å²) in [6, 6.07) is 5.20. The van der Waals surface area contributed by atoms with Crippen molar-refractivity contribution in [1.82, 2.24) is 14.8 Å². The van der Waals surface area contributed by atoms with E-state index in [1.54, 1.807) is 6.07 Å². The van der Waals surface area contributed by atoms with Crippen LogP contribution in [0.5, 0.6) is 0 Å². The first-order chi connectivity index (χ1) is 14.3. The summed E-state index contributed by atoms with van der Waals surface area (Å²) < 4.78 is 35.8. The second-order valence-electron chi connectivity index (χ2n) is 6.39. The molecule has 1 aliphatic rings. The highest BCUT2D eigenvalue weighted by atomic mass is 32.1. The number of nitrogens with two attached hydrogens (primary N) is 1. The van der Waals surface area contributed by atoms with Gasteiger partial charge in [0.05, 0.1) is 11.3 Å². The zero-order valence-corrected chi connectivity index (χ0v) is 16.7. The first-order valence-corrected chi connectivity index (χ1v) is 9.71. The Balaban J connectivity index is 2.05. The van der Waals surface area contributed by atoms with Gasteiger partial charge in [-0.25, -0.2) is 23.4 Å². The zero-order valence-electron chi connectivity index (χ0n) is 15.8. The van der Waals surface area contributed by atoms with Crippen LogP contribution in [0.1, 0.15) is 52.5 Å². The third kappa shape index (κ3) is 3.26. The van der Waals surface area contributed by atoms with Gasteiger partial charge in [0.1, 0.15) is 16.6 Å². The number of carbonyl (C=O) groups is 2. The minimum absolute atomic E-state index is 0.00324. The highest BCUT2D eigenvalue weighted by Gasteiger charge is 2.34. The van der Waals surface area contributed by atoms with Crippen LogP contribution in [0.4, 0.5) is 8.78 Å². The number of hydrogen-bond acceptors (Lipinski definition) is 7. The molecule has 3 heterocycles. The van der Waals surface area contributed by atoms with Gasteiger partial charge in [0, 0.05) is 17.4 Å². The monoisotopic (exact) mass is 431 g/mol. The van der Waals surface area contributed by atoms with E-state index in [0.29, 0.717) is 17.0 Å². The van der Waals surface area contributed by atoms with Crippen molar-refractivity contribution in [3.63, 3.8) is 0 Å². The van der Waals surface area contributed by atoms with Gasteiger partial charge in [0.25, 0.3) is 12.1 Å². The quantitative estimate of drug-likeness (QED) is 0.638. The maximum Gasteiger partial charge on any atom is 0.304 e. The predicted molar refractivity (Wildman–Crippen MR) is 104 cm³/mol. The molecule has 2 N–H and O–H groups in total. The van der Waals surface area contributed by atoms with Crippen molar-refractivity contribution >= 4 is 28.9 Å². The predicted octanol–water partition coefficient (Wildman–Crippen LogP) is 2.68. The molecule has 4 rings (SSSR count). The lowest BCUT2D eigenvalue weighted by molar-refractivity contribution is -0.146. The molecule has 11 heteroatoms. The van der Waals surface area contributed by atoms with Gasteiger partial charge in [0.2, 0.25) is 5.82 Å². The Morgan fingerprint density at radius 2 is 2.00 bits per heavy atom. The van der Waals surface area contributed by atoms with Crippen molar-refractivity contribution in [3.05, 3.63) is 63.6 Å². The van der Waals surface area contributed by atoms with E-state index in [0.717, 1.165) is 23.9 Å². The van der Waals surface area contributed by atoms with Gasteiger partial charge >= 0.3 is 5.97 Å². The number of nitrogens with zero attached hydrogens (tertiary/aromatic N) is 4. The van der Waals surface area contributed by atoms with Crippen LogP contribution in [0.3, 0.4) is 0 Å². The third-order valence-electron chi connectivity index (χ3n) is 4.36. The lowest BCUT2D eigenvalue weighted by Crippen LogP contribution is -2.15. The van der Waals surface area contributed by atoms with Gasteiger partial charge < -0.3 is 10.5 Å². The van der Waals surface area contributed by atoms with E-state index in [-0.39, 0.29) is 22.9 Å². The Hall–Kier alpha value is -3.47. The summed E-state index contributed by atoms with van der Waals surface area (Å²) in [6.45, 7) is 3.08. The summed E-state index contributed by atoms with van der Waals surface area (Å²) in [7, 11) is 0. The molecule has 3 aromatic rings. The Kier molecular flexibility index (Phi) is 4.90. The Labute approximate surface area is 173 Å². The van der Waals surface area contributed by atoms with Gasteiger partial charge in [-0.05, 0) is 24.6 Å². The van der Waals surface area contributed by atoms with E-state index in [1.807, 2.05) is 6.92 Å². The molecule has 1 aliphatic heterocycles. The smallest absolute Gasteiger partial charge is 0.304 e. The number of hydrogen-bond donors (Lipinski definition) is 1. The van der Waals surface area contributed by atoms with Crippen LogP contribution >= 0.6 is 11.3 Å². The standard InChI is InChI=1S/C19H15F2N5O3S/c1-3-9-7-10-14(13-11(20)5-4-6-12(13)21)23-18(29-8(2)27)17-24-16(15(22)28)25-26(17)19(10)30-9/h4-7,18H,3H2,1-2H3,(H2,22,28). The van der Waals surface area contributed by atoms with Crippen molar-refractivity contribution in [2.24, 2.45) is 10.7 Å². The third-order valence-corrected chi connectivity index (χ3v) is 5.61. The number of aromatic nitrogens is 3. The molecular formula is C19H15F2N5O3S. The number of aryl methyl sites for hydroxylation is 1. The number of fused-ring (bicyclic) bond motifs is 3. The van der Waals surface area contributed by atoms with Crippen molar-refractivity contribution < 1.29 is 23.1 Å². The number of ether oxygens (including phenoxy) is 1. The molecule has 8 nitrogen and oxygen atoms in total. The largest absolute Gasteiger partial charge is 0.432 e. The second-order valence-corrected chi connectivity index (χ2v) is 7.51. The van der Waals surface area contributed by atoms with E-state index < -0.39 is 29.7 Å². The minimum Gasteiger partial charge on any atom is -0.432 e. The molecule has 2 aromatic heterocycles. The number of primary amides is 1. The van der Waals surface area contributed by atoms with E-state index in [1.165, 1.54) is 22.1 Å². The maximum absolute atomic E-state index is 14.6. The number of amides is 1. The number of thiophene rings is 1. The Morgan fingerprint density at radius 3 is 2.60 bits per heavy atom. The Bertz CT molecular complexity index is 1200. The van der Waals surface area contributed by atoms with E-state index in [4.69, 9.17) is 10.5 Å². The molecule has 0 fully saturated rings. The summed E-state index contributed by atoms with van der Waals surface area (Å²) in [6.07, 6.45) is -0.744. The summed E-state index contributed by atoms with van der Waals surface area (Å²) in [5, 5.41) is 4.55. The van der Waals surface area contributed by atoms with Crippen LogP contribution in [-0.2, 0) is 16.0 Å². The van der Waals surface area contributed by atoms with Crippen LogP contribution in [0.2, 0.25) is 0 Å². The van der Waals surface area contributed by atoms with Crippen molar-refractivity contribution in [2.75, 3.05) is 0 Å². The molecule has 0 aliphatic carbocycles. The zero-order chi connectivity index (χ0) is 21.6. The highest BCUT2D eigenvalue weighted by molar-refractivity contribution is 7.15. The molecule has 1 atom stereocenters. The summed E-state index contributed by atoms with van der Waals surface area (Å²) in [4.78, 5) is 32.6. The summed E-state index contributed by atoms with van der Waals surface area (Å²) in [5.41, 5.74) is 5.27. The van der Waals surface area contributed by atoms with E-state index in [2.05, 4.69) is 15.1 Å². The number of esters is 1. The molecular weight excluding hydrogens is 416 g/mol. The number of rotatable bonds is 4. The molecule has 0 radical (unpaired) electrons. The lowest BCUT2D eigenvalue weighted by Gasteiger charge is -2.12. The van der Waals surface area contributed by atoms with Crippen LogP contribution in [0.25, 0.3) is 5.00 Å². The minimum atomic E-state index is -1.39. The van der Waals surface area contributed by atoms with Crippen molar-refractivity contribution in [2.45, 2.75) is 26.5 Å².